The fraction of sp³-hybridized carbons (Fsp3) is 0.280. The van der Waals surface area contributed by atoms with Crippen LogP contribution >= 0.6 is 11.6 Å². The Balaban J connectivity index is 1.78. The van der Waals surface area contributed by atoms with Crippen LogP contribution in [0.15, 0.2) is 47.6 Å². The van der Waals surface area contributed by atoms with Crippen molar-refractivity contribution in [3.63, 3.8) is 0 Å². The fourth-order valence-electron chi connectivity index (χ4n) is 4.03. The number of methoxy groups -OCH3 is 2. The SMILES string of the molecule is COc1cc(OC)cc(C2=NN(C(=O)CCC(=O)O)[C@@H](c3cc4cccc(C)c4nc3Cl)C2)c1. The average molecular weight is 482 g/mol. The van der Waals surface area contributed by atoms with Crippen molar-refractivity contribution < 1.29 is 24.2 Å². The van der Waals surface area contributed by atoms with Crippen LogP contribution in [0.3, 0.4) is 0 Å². The number of ether oxygens (including phenoxy) is 2. The molecule has 0 fully saturated rings. The van der Waals surface area contributed by atoms with Gasteiger partial charge in [0.15, 0.2) is 0 Å². The quantitative estimate of drug-likeness (QED) is 0.488. The minimum atomic E-state index is -1.05. The molecule has 4 rings (SSSR count). The largest absolute Gasteiger partial charge is 0.497 e. The van der Waals surface area contributed by atoms with Crippen molar-refractivity contribution in [2.24, 2.45) is 5.10 Å². The van der Waals surface area contributed by atoms with Crippen molar-refractivity contribution >= 4 is 40.1 Å². The van der Waals surface area contributed by atoms with E-state index in [-0.39, 0.29) is 18.0 Å². The van der Waals surface area contributed by atoms with Gasteiger partial charge in [0.25, 0.3) is 0 Å². The number of hydrogen-bond donors (Lipinski definition) is 1. The van der Waals surface area contributed by atoms with Crippen LogP contribution in [-0.4, -0.2) is 46.9 Å². The van der Waals surface area contributed by atoms with E-state index in [2.05, 4.69) is 10.1 Å². The molecule has 0 saturated carbocycles. The highest BCUT2D eigenvalue weighted by atomic mass is 35.5. The van der Waals surface area contributed by atoms with Gasteiger partial charge in [-0.1, -0.05) is 29.8 Å². The zero-order valence-corrected chi connectivity index (χ0v) is 19.8. The van der Waals surface area contributed by atoms with Gasteiger partial charge in [-0.15, -0.1) is 0 Å². The zero-order chi connectivity index (χ0) is 24.4. The topological polar surface area (TPSA) is 101 Å². The number of fused-ring (bicyclic) bond motifs is 1. The van der Waals surface area contributed by atoms with E-state index in [9.17, 15) is 9.59 Å². The number of carbonyl (C=O) groups is 2. The Kier molecular flexibility index (Phi) is 6.70. The molecule has 0 radical (unpaired) electrons. The van der Waals surface area contributed by atoms with Crippen LogP contribution in [0, 0.1) is 6.92 Å². The van der Waals surface area contributed by atoms with Crippen LogP contribution in [0.1, 0.15) is 42.0 Å². The first kappa shape index (κ1) is 23.5. The van der Waals surface area contributed by atoms with Crippen LogP contribution in [-0.2, 0) is 9.59 Å². The number of carboxylic acids is 1. The standard InChI is InChI=1S/C25H24ClN3O5/c1-14-5-4-6-15-11-19(25(26)27-24(14)15)21-13-20(28-29(21)22(30)7-8-23(31)32)16-9-17(33-2)12-18(10-16)34-3/h4-6,9-12,21H,7-8,13H2,1-3H3,(H,31,32)/t21-/m1/s1. The summed E-state index contributed by atoms with van der Waals surface area (Å²) in [7, 11) is 3.12. The summed E-state index contributed by atoms with van der Waals surface area (Å²) in [4.78, 5) is 28.7. The highest BCUT2D eigenvalue weighted by molar-refractivity contribution is 6.30. The summed E-state index contributed by atoms with van der Waals surface area (Å²) in [6.45, 7) is 1.96. The van der Waals surface area contributed by atoms with Crippen molar-refractivity contribution in [1.82, 2.24) is 9.99 Å². The molecule has 1 aliphatic rings. The Morgan fingerprint density at radius 1 is 1.12 bits per heavy atom. The fourth-order valence-corrected chi connectivity index (χ4v) is 4.30. The number of rotatable bonds is 7. The zero-order valence-electron chi connectivity index (χ0n) is 19.0. The molecule has 1 aromatic heterocycles. The van der Waals surface area contributed by atoms with Crippen LogP contribution in [0.25, 0.3) is 10.9 Å². The minimum Gasteiger partial charge on any atom is -0.497 e. The monoisotopic (exact) mass is 481 g/mol. The third-order valence-electron chi connectivity index (χ3n) is 5.79. The summed E-state index contributed by atoms with van der Waals surface area (Å²) >= 11 is 6.61. The molecule has 2 aromatic carbocycles. The number of aliphatic carboxylic acids is 1. The molecular formula is C25H24ClN3O5. The lowest BCUT2D eigenvalue weighted by atomic mass is 9.97. The molecule has 0 bridgehead atoms. The molecule has 1 aliphatic heterocycles. The highest BCUT2D eigenvalue weighted by Crippen LogP contribution is 2.39. The number of benzene rings is 2. The minimum absolute atomic E-state index is 0.179. The molecule has 1 N–H and O–H groups in total. The normalized spacial score (nSPS) is 15.4. The van der Waals surface area contributed by atoms with Gasteiger partial charge in [-0.3, -0.25) is 9.59 Å². The van der Waals surface area contributed by atoms with Crippen LogP contribution in [0.2, 0.25) is 5.15 Å². The number of carboxylic acid groups (broad SMARTS) is 1. The number of aromatic nitrogens is 1. The molecule has 2 heterocycles. The predicted molar refractivity (Wildman–Crippen MR) is 129 cm³/mol. The Labute approximate surface area is 201 Å². The summed E-state index contributed by atoms with van der Waals surface area (Å²) in [5.41, 5.74) is 3.79. The third-order valence-corrected chi connectivity index (χ3v) is 6.09. The van der Waals surface area contributed by atoms with E-state index in [4.69, 9.17) is 26.2 Å². The number of pyridine rings is 1. The van der Waals surface area contributed by atoms with Crippen LogP contribution < -0.4 is 9.47 Å². The van der Waals surface area contributed by atoms with Crippen molar-refractivity contribution in [3.8, 4) is 11.5 Å². The summed E-state index contributed by atoms with van der Waals surface area (Å²) in [6, 6.07) is 12.6. The van der Waals surface area contributed by atoms with Gasteiger partial charge in [-0.25, -0.2) is 9.99 Å². The molecule has 0 aliphatic carbocycles. The number of hydrogen-bond acceptors (Lipinski definition) is 6. The Morgan fingerprint density at radius 3 is 2.47 bits per heavy atom. The Morgan fingerprint density at radius 2 is 1.82 bits per heavy atom. The van der Waals surface area contributed by atoms with Gasteiger partial charge in [-0.2, -0.15) is 5.10 Å². The lowest BCUT2D eigenvalue weighted by molar-refractivity contribution is -0.141. The van der Waals surface area contributed by atoms with Gasteiger partial charge < -0.3 is 14.6 Å². The molecule has 34 heavy (non-hydrogen) atoms. The van der Waals surface area contributed by atoms with Crippen molar-refractivity contribution in [2.45, 2.75) is 32.2 Å². The average Bonchev–Trinajstić information content (AvgIpc) is 3.27. The molecule has 8 nitrogen and oxygen atoms in total. The van der Waals surface area contributed by atoms with E-state index in [0.29, 0.717) is 29.2 Å². The maximum absolute atomic E-state index is 13.0. The second-order valence-electron chi connectivity index (χ2n) is 8.02. The van der Waals surface area contributed by atoms with Gasteiger partial charge in [0, 0.05) is 35.4 Å². The molecule has 1 amide bonds. The number of aryl methyl sites for hydroxylation is 1. The van der Waals surface area contributed by atoms with Crippen LogP contribution in [0.4, 0.5) is 0 Å². The number of nitrogens with zero attached hydrogens (tertiary/aromatic N) is 3. The number of carbonyl (C=O) groups excluding carboxylic acids is 1. The predicted octanol–water partition coefficient (Wildman–Crippen LogP) is 4.76. The van der Waals surface area contributed by atoms with Gasteiger partial charge >= 0.3 is 5.97 Å². The smallest absolute Gasteiger partial charge is 0.303 e. The van der Waals surface area contributed by atoms with Crippen LogP contribution in [0.5, 0.6) is 11.5 Å². The van der Waals surface area contributed by atoms with E-state index >= 15 is 0 Å². The summed E-state index contributed by atoms with van der Waals surface area (Å²) in [5.74, 6) is -0.278. The van der Waals surface area contributed by atoms with Gasteiger partial charge in [0.05, 0.1) is 37.9 Å². The first-order valence-electron chi connectivity index (χ1n) is 10.7. The first-order valence-corrected chi connectivity index (χ1v) is 11.1. The molecule has 0 spiro atoms. The first-order chi connectivity index (χ1) is 16.3. The third kappa shape index (κ3) is 4.68. The van der Waals surface area contributed by atoms with Crippen molar-refractivity contribution in [1.29, 1.82) is 0 Å². The van der Waals surface area contributed by atoms with E-state index in [1.807, 2.05) is 43.3 Å². The van der Waals surface area contributed by atoms with E-state index in [0.717, 1.165) is 22.0 Å². The molecule has 3 aromatic rings. The number of hydrazone groups is 1. The lowest BCUT2D eigenvalue weighted by Crippen LogP contribution is -2.27. The second-order valence-corrected chi connectivity index (χ2v) is 8.37. The molecule has 0 unspecified atom stereocenters. The van der Waals surface area contributed by atoms with Gasteiger partial charge in [0.2, 0.25) is 5.91 Å². The number of amides is 1. The van der Waals surface area contributed by atoms with E-state index < -0.39 is 17.9 Å². The van der Waals surface area contributed by atoms with E-state index in [1.54, 1.807) is 20.3 Å². The number of halogens is 1. The summed E-state index contributed by atoms with van der Waals surface area (Å²) in [6.07, 6.45) is -0.0988. The van der Waals surface area contributed by atoms with Crippen molar-refractivity contribution in [3.05, 3.63) is 64.3 Å². The molecule has 176 valence electrons. The molecular weight excluding hydrogens is 458 g/mol. The summed E-state index contributed by atoms with van der Waals surface area (Å²) < 4.78 is 10.7. The Bertz CT molecular complexity index is 1280. The molecule has 9 heteroatoms. The number of para-hydroxylation sites is 1. The van der Waals surface area contributed by atoms with E-state index in [1.165, 1.54) is 5.01 Å². The second kappa shape index (κ2) is 9.69. The highest BCUT2D eigenvalue weighted by Gasteiger charge is 2.35. The summed E-state index contributed by atoms with van der Waals surface area (Å²) in [5, 5.41) is 16.2. The lowest BCUT2D eigenvalue weighted by Gasteiger charge is -2.23. The van der Waals surface area contributed by atoms with Crippen molar-refractivity contribution in [2.75, 3.05) is 14.2 Å². The maximum Gasteiger partial charge on any atom is 0.303 e. The van der Waals surface area contributed by atoms with Gasteiger partial charge in [0.1, 0.15) is 16.7 Å². The molecule has 0 saturated heterocycles. The molecule has 1 atom stereocenters. The maximum atomic E-state index is 13.0. The Hall–Kier alpha value is -3.65. The van der Waals surface area contributed by atoms with Gasteiger partial charge in [-0.05, 0) is 30.7 Å².